The molecule has 1 aliphatic rings. The Balaban J connectivity index is 1.73. The Morgan fingerprint density at radius 3 is 2.93 bits per heavy atom. The summed E-state index contributed by atoms with van der Waals surface area (Å²) in [5.74, 6) is 0.523. The van der Waals surface area contributed by atoms with Gasteiger partial charge in [-0.1, -0.05) is 6.07 Å². The molecule has 2 heterocycles. The fraction of sp³-hybridized carbons (Fsp3) is 0.350. The van der Waals surface area contributed by atoms with Gasteiger partial charge in [0.05, 0.1) is 18.9 Å². The molecule has 8 heteroatoms. The molecule has 1 aliphatic heterocycles. The molecular weight excluding hydrogens is 360 g/mol. The molecule has 0 radical (unpaired) electrons. The lowest BCUT2D eigenvalue weighted by Gasteiger charge is -2.23. The molecule has 1 fully saturated rings. The molecule has 0 bridgehead atoms. The molecule has 1 saturated heterocycles. The first-order valence-corrected chi connectivity index (χ1v) is 9.13. The third-order valence-corrected chi connectivity index (χ3v) is 4.26. The van der Waals surface area contributed by atoms with E-state index >= 15 is 0 Å². The lowest BCUT2D eigenvalue weighted by Crippen LogP contribution is -2.43. The van der Waals surface area contributed by atoms with Crippen LogP contribution in [0, 0.1) is 6.92 Å². The minimum Gasteiger partial charge on any atom is -0.455 e. The van der Waals surface area contributed by atoms with Crippen molar-refractivity contribution in [3.05, 3.63) is 47.8 Å². The van der Waals surface area contributed by atoms with E-state index in [1.54, 1.807) is 18.2 Å². The van der Waals surface area contributed by atoms with Crippen LogP contribution in [-0.2, 0) is 9.53 Å². The number of nitrogens with zero attached hydrogens (tertiary/aromatic N) is 1. The molecule has 3 N–H and O–H groups in total. The predicted molar refractivity (Wildman–Crippen MR) is 105 cm³/mol. The summed E-state index contributed by atoms with van der Waals surface area (Å²) >= 11 is 0. The normalized spacial score (nSPS) is 16.3. The zero-order valence-electron chi connectivity index (χ0n) is 16.0. The largest absolute Gasteiger partial charge is 0.455 e. The Labute approximate surface area is 163 Å². The molecule has 0 aliphatic carbocycles. The molecule has 2 aromatic rings. The molecule has 8 nitrogen and oxygen atoms in total. The first-order chi connectivity index (χ1) is 13.5. The lowest BCUT2D eigenvalue weighted by molar-refractivity contribution is -0.117. The number of morpholine rings is 1. The molecule has 0 saturated carbocycles. The Bertz CT molecular complexity index is 850. The zero-order chi connectivity index (χ0) is 19.9. The topological polar surface area (TPSA) is 102 Å². The van der Waals surface area contributed by atoms with E-state index in [-0.39, 0.29) is 23.6 Å². The summed E-state index contributed by atoms with van der Waals surface area (Å²) in [6.07, 6.45) is 1.81. The van der Waals surface area contributed by atoms with Gasteiger partial charge >= 0.3 is 0 Å². The van der Waals surface area contributed by atoms with Gasteiger partial charge in [-0.05, 0) is 30.7 Å². The number of carbonyl (C=O) groups excluding carboxylic acids is 2. The second kappa shape index (κ2) is 9.29. The zero-order valence-corrected chi connectivity index (χ0v) is 16.0. The SMILES string of the molecule is CNC(=O)c1cc(Oc2cc(C)ccc2NC(=O)CC2COCCN2)ccn1. The summed E-state index contributed by atoms with van der Waals surface area (Å²) in [5.41, 5.74) is 1.79. The summed E-state index contributed by atoms with van der Waals surface area (Å²) in [7, 11) is 1.54. The van der Waals surface area contributed by atoms with Crippen molar-refractivity contribution in [1.29, 1.82) is 0 Å². The molecule has 3 rings (SSSR count). The van der Waals surface area contributed by atoms with E-state index in [1.165, 1.54) is 13.2 Å². The Morgan fingerprint density at radius 1 is 1.32 bits per heavy atom. The molecular formula is C20H24N4O4. The van der Waals surface area contributed by atoms with Crippen molar-refractivity contribution in [1.82, 2.24) is 15.6 Å². The first kappa shape index (κ1) is 19.8. The van der Waals surface area contributed by atoms with Gasteiger partial charge in [-0.3, -0.25) is 14.6 Å². The molecule has 28 heavy (non-hydrogen) atoms. The third-order valence-electron chi connectivity index (χ3n) is 4.26. The van der Waals surface area contributed by atoms with Crippen LogP contribution < -0.4 is 20.7 Å². The number of amides is 2. The lowest BCUT2D eigenvalue weighted by atomic mass is 10.1. The number of anilines is 1. The van der Waals surface area contributed by atoms with Crippen molar-refractivity contribution >= 4 is 17.5 Å². The molecule has 1 unspecified atom stereocenters. The van der Waals surface area contributed by atoms with E-state index in [2.05, 4.69) is 20.9 Å². The van der Waals surface area contributed by atoms with E-state index in [0.717, 1.165) is 12.1 Å². The summed E-state index contributed by atoms with van der Waals surface area (Å²) in [4.78, 5) is 28.2. The molecule has 1 atom stereocenters. The van der Waals surface area contributed by atoms with E-state index in [4.69, 9.17) is 9.47 Å². The van der Waals surface area contributed by atoms with Gasteiger partial charge in [0.1, 0.15) is 11.4 Å². The fourth-order valence-corrected chi connectivity index (χ4v) is 2.85. The van der Waals surface area contributed by atoms with E-state index in [0.29, 0.717) is 36.8 Å². The van der Waals surface area contributed by atoms with Gasteiger partial charge in [0.25, 0.3) is 5.91 Å². The number of carbonyl (C=O) groups is 2. The maximum absolute atomic E-state index is 12.4. The highest BCUT2D eigenvalue weighted by Crippen LogP contribution is 2.31. The average Bonchev–Trinajstić information content (AvgIpc) is 2.70. The van der Waals surface area contributed by atoms with Gasteiger partial charge in [0, 0.05) is 38.3 Å². The van der Waals surface area contributed by atoms with Crippen LogP contribution in [0.2, 0.25) is 0 Å². The van der Waals surface area contributed by atoms with Crippen LogP contribution in [0.4, 0.5) is 5.69 Å². The number of ether oxygens (including phenoxy) is 2. The highest BCUT2D eigenvalue weighted by Gasteiger charge is 2.18. The highest BCUT2D eigenvalue weighted by molar-refractivity contribution is 5.93. The third kappa shape index (κ3) is 5.28. The van der Waals surface area contributed by atoms with Crippen LogP contribution in [0.15, 0.2) is 36.5 Å². The number of hydrogen-bond donors (Lipinski definition) is 3. The van der Waals surface area contributed by atoms with Crippen LogP contribution in [0.25, 0.3) is 0 Å². The molecule has 148 valence electrons. The number of rotatable bonds is 6. The summed E-state index contributed by atoms with van der Waals surface area (Å²) in [5, 5.41) is 8.69. The van der Waals surface area contributed by atoms with Gasteiger partial charge in [-0.25, -0.2) is 0 Å². The van der Waals surface area contributed by atoms with Crippen LogP contribution in [-0.4, -0.2) is 49.6 Å². The maximum atomic E-state index is 12.4. The standard InChI is InChI=1S/C20H24N4O4/c1-13-3-4-16(24-19(25)10-14-12-27-8-7-22-14)18(9-13)28-15-5-6-23-17(11-15)20(26)21-2/h3-6,9,11,14,22H,7-8,10,12H2,1-2H3,(H,21,26)(H,24,25). The van der Waals surface area contributed by atoms with Gasteiger partial charge in [0.15, 0.2) is 5.75 Å². The van der Waals surface area contributed by atoms with Gasteiger partial charge in [0.2, 0.25) is 5.91 Å². The Morgan fingerprint density at radius 2 is 2.18 bits per heavy atom. The van der Waals surface area contributed by atoms with E-state index in [9.17, 15) is 9.59 Å². The molecule has 2 amide bonds. The number of aromatic nitrogens is 1. The Kier molecular flexibility index (Phi) is 6.57. The fourth-order valence-electron chi connectivity index (χ4n) is 2.85. The smallest absolute Gasteiger partial charge is 0.269 e. The number of benzene rings is 1. The highest BCUT2D eigenvalue weighted by atomic mass is 16.5. The van der Waals surface area contributed by atoms with Crippen LogP contribution in [0.5, 0.6) is 11.5 Å². The van der Waals surface area contributed by atoms with Crippen LogP contribution in [0.1, 0.15) is 22.5 Å². The average molecular weight is 384 g/mol. The minimum absolute atomic E-state index is 0.00104. The van der Waals surface area contributed by atoms with Crippen molar-refractivity contribution < 1.29 is 19.1 Å². The van der Waals surface area contributed by atoms with Gasteiger partial charge in [-0.2, -0.15) is 0 Å². The molecule has 1 aromatic heterocycles. The van der Waals surface area contributed by atoms with E-state index < -0.39 is 0 Å². The van der Waals surface area contributed by atoms with Crippen molar-refractivity contribution in [2.45, 2.75) is 19.4 Å². The summed E-state index contributed by atoms with van der Waals surface area (Å²) in [6, 6.07) is 8.73. The quantitative estimate of drug-likeness (QED) is 0.703. The van der Waals surface area contributed by atoms with E-state index in [1.807, 2.05) is 19.1 Å². The van der Waals surface area contributed by atoms with Crippen molar-refractivity contribution in [3.63, 3.8) is 0 Å². The van der Waals surface area contributed by atoms with Crippen molar-refractivity contribution in [3.8, 4) is 11.5 Å². The second-order valence-electron chi connectivity index (χ2n) is 6.54. The number of hydrogen-bond acceptors (Lipinski definition) is 6. The van der Waals surface area contributed by atoms with Crippen LogP contribution >= 0.6 is 0 Å². The first-order valence-electron chi connectivity index (χ1n) is 9.13. The minimum atomic E-state index is -0.301. The number of nitrogens with one attached hydrogen (secondary N) is 3. The summed E-state index contributed by atoms with van der Waals surface area (Å²) < 4.78 is 11.3. The van der Waals surface area contributed by atoms with Gasteiger partial charge < -0.3 is 25.4 Å². The van der Waals surface area contributed by atoms with Crippen molar-refractivity contribution in [2.75, 3.05) is 32.1 Å². The second-order valence-corrected chi connectivity index (χ2v) is 6.54. The number of pyridine rings is 1. The van der Waals surface area contributed by atoms with Gasteiger partial charge in [-0.15, -0.1) is 0 Å². The summed E-state index contributed by atoms with van der Waals surface area (Å²) in [6.45, 7) is 3.86. The predicted octanol–water partition coefficient (Wildman–Crippen LogP) is 1.86. The number of aryl methyl sites for hydroxylation is 1. The maximum Gasteiger partial charge on any atom is 0.269 e. The molecule has 1 aromatic carbocycles. The monoisotopic (exact) mass is 384 g/mol. The van der Waals surface area contributed by atoms with Crippen LogP contribution in [0.3, 0.4) is 0 Å². The molecule has 0 spiro atoms. The Hall–Kier alpha value is -2.97. The van der Waals surface area contributed by atoms with Crippen molar-refractivity contribution in [2.24, 2.45) is 0 Å².